The lowest BCUT2D eigenvalue weighted by Crippen LogP contribution is -2.47. The topological polar surface area (TPSA) is 79.3 Å². The third-order valence-electron chi connectivity index (χ3n) is 4.17. The standard InChI is InChI=1S/C15H24F2N2O5/c1-5-9(12(20)21)6-19-11-10(7-23-19)18(8-15(11,16)17)13(22)24-14(2,3)4/h9-11H,5-8H2,1-4H3,(H,20,21). The summed E-state index contributed by atoms with van der Waals surface area (Å²) >= 11 is 0. The Morgan fingerprint density at radius 3 is 2.54 bits per heavy atom. The van der Waals surface area contributed by atoms with Crippen LogP contribution >= 0.6 is 0 Å². The molecule has 3 atom stereocenters. The first-order valence-electron chi connectivity index (χ1n) is 7.96. The number of rotatable bonds is 4. The fourth-order valence-corrected chi connectivity index (χ4v) is 3.01. The van der Waals surface area contributed by atoms with Crippen molar-refractivity contribution in [2.24, 2.45) is 5.92 Å². The van der Waals surface area contributed by atoms with E-state index in [1.54, 1.807) is 27.7 Å². The van der Waals surface area contributed by atoms with Gasteiger partial charge >= 0.3 is 12.1 Å². The van der Waals surface area contributed by atoms with Crippen LogP contribution < -0.4 is 0 Å². The Balaban J connectivity index is 2.14. The lowest BCUT2D eigenvalue weighted by atomic mass is 10.0. The number of aliphatic carboxylic acids is 1. The second-order valence-corrected chi connectivity index (χ2v) is 7.22. The second kappa shape index (κ2) is 6.44. The Hall–Kier alpha value is -1.48. The molecule has 1 N–H and O–H groups in total. The molecule has 2 heterocycles. The molecule has 0 bridgehead atoms. The average molecular weight is 350 g/mol. The molecule has 0 spiro atoms. The molecule has 2 aliphatic heterocycles. The first-order valence-corrected chi connectivity index (χ1v) is 7.96. The summed E-state index contributed by atoms with van der Waals surface area (Å²) in [5.41, 5.74) is -0.791. The molecule has 24 heavy (non-hydrogen) atoms. The van der Waals surface area contributed by atoms with Gasteiger partial charge in [0.25, 0.3) is 5.92 Å². The summed E-state index contributed by atoms with van der Waals surface area (Å²) in [6, 6.07) is -2.22. The molecule has 2 aliphatic rings. The molecule has 9 heteroatoms. The molecule has 0 aromatic rings. The van der Waals surface area contributed by atoms with Crippen LogP contribution in [-0.4, -0.2) is 70.4 Å². The first-order chi connectivity index (χ1) is 11.0. The van der Waals surface area contributed by atoms with E-state index >= 15 is 0 Å². The SMILES string of the molecule is CCC(CN1OCC2C1C(F)(F)CN2C(=O)OC(C)(C)C)C(=O)O. The van der Waals surface area contributed by atoms with Crippen molar-refractivity contribution in [1.82, 2.24) is 9.96 Å². The molecule has 0 radical (unpaired) electrons. The van der Waals surface area contributed by atoms with Crippen LogP contribution in [0.3, 0.4) is 0 Å². The molecular formula is C15H24F2N2O5. The highest BCUT2D eigenvalue weighted by atomic mass is 19.3. The Morgan fingerprint density at radius 1 is 1.42 bits per heavy atom. The van der Waals surface area contributed by atoms with Crippen LogP contribution in [-0.2, 0) is 14.4 Å². The van der Waals surface area contributed by atoms with Gasteiger partial charge < -0.3 is 9.84 Å². The number of hydroxylamine groups is 2. The summed E-state index contributed by atoms with van der Waals surface area (Å²) in [5, 5.41) is 10.1. The Bertz CT molecular complexity index is 509. The molecule has 7 nitrogen and oxygen atoms in total. The maximum absolute atomic E-state index is 14.4. The summed E-state index contributed by atoms with van der Waals surface area (Å²) in [4.78, 5) is 29.6. The van der Waals surface area contributed by atoms with E-state index in [0.717, 1.165) is 9.96 Å². The minimum Gasteiger partial charge on any atom is -0.481 e. The van der Waals surface area contributed by atoms with Crippen LogP contribution in [0, 0.1) is 5.92 Å². The van der Waals surface area contributed by atoms with Crippen LogP contribution in [0.4, 0.5) is 13.6 Å². The summed E-state index contributed by atoms with van der Waals surface area (Å²) in [6.07, 6.45) is -0.515. The normalized spacial score (nSPS) is 27.8. The van der Waals surface area contributed by atoms with E-state index in [1.807, 2.05) is 0 Å². The van der Waals surface area contributed by atoms with Crippen molar-refractivity contribution >= 4 is 12.1 Å². The van der Waals surface area contributed by atoms with Gasteiger partial charge in [-0.05, 0) is 27.2 Å². The zero-order valence-corrected chi connectivity index (χ0v) is 14.3. The quantitative estimate of drug-likeness (QED) is 0.835. The van der Waals surface area contributed by atoms with Crippen LogP contribution in [0.25, 0.3) is 0 Å². The van der Waals surface area contributed by atoms with E-state index < -0.39 is 48.1 Å². The van der Waals surface area contributed by atoms with Gasteiger partial charge in [-0.2, -0.15) is 5.06 Å². The van der Waals surface area contributed by atoms with Crippen molar-refractivity contribution in [1.29, 1.82) is 0 Å². The van der Waals surface area contributed by atoms with Crippen molar-refractivity contribution in [2.45, 2.75) is 57.7 Å². The summed E-state index contributed by atoms with van der Waals surface area (Å²) in [6.45, 7) is 5.64. The van der Waals surface area contributed by atoms with Gasteiger partial charge in [0.15, 0.2) is 0 Å². The van der Waals surface area contributed by atoms with Crippen molar-refractivity contribution < 1.29 is 33.1 Å². The number of amides is 1. The van der Waals surface area contributed by atoms with E-state index in [1.165, 1.54) is 0 Å². The van der Waals surface area contributed by atoms with Crippen LogP contribution in [0.2, 0.25) is 0 Å². The molecule has 2 saturated heterocycles. The molecule has 0 aliphatic carbocycles. The van der Waals surface area contributed by atoms with Gasteiger partial charge in [-0.3, -0.25) is 14.5 Å². The Kier molecular flexibility index (Phi) is 5.06. The van der Waals surface area contributed by atoms with Gasteiger partial charge in [0.05, 0.1) is 25.1 Å². The zero-order valence-electron chi connectivity index (χ0n) is 14.3. The number of alkyl halides is 2. The van der Waals surface area contributed by atoms with E-state index in [9.17, 15) is 18.4 Å². The maximum Gasteiger partial charge on any atom is 0.410 e. The lowest BCUT2D eigenvalue weighted by Gasteiger charge is -2.27. The van der Waals surface area contributed by atoms with E-state index in [2.05, 4.69) is 0 Å². The number of halogens is 2. The third kappa shape index (κ3) is 3.77. The maximum atomic E-state index is 14.4. The largest absolute Gasteiger partial charge is 0.481 e. The molecule has 138 valence electrons. The number of carboxylic acids is 1. The highest BCUT2D eigenvalue weighted by Crippen LogP contribution is 2.41. The molecule has 3 unspecified atom stereocenters. The van der Waals surface area contributed by atoms with Crippen LogP contribution in [0.15, 0.2) is 0 Å². The lowest BCUT2D eigenvalue weighted by molar-refractivity contribution is -0.191. The molecular weight excluding hydrogens is 326 g/mol. The van der Waals surface area contributed by atoms with Crippen molar-refractivity contribution in [3.63, 3.8) is 0 Å². The summed E-state index contributed by atoms with van der Waals surface area (Å²) in [5.74, 6) is -5.07. The van der Waals surface area contributed by atoms with Gasteiger partial charge in [-0.1, -0.05) is 6.92 Å². The highest BCUT2D eigenvalue weighted by Gasteiger charge is 2.62. The Labute approximate surface area is 139 Å². The smallest absolute Gasteiger partial charge is 0.410 e. The number of fused-ring (bicyclic) bond motifs is 1. The van der Waals surface area contributed by atoms with E-state index in [-0.39, 0.29) is 13.2 Å². The number of carboxylic acid groups (broad SMARTS) is 1. The van der Waals surface area contributed by atoms with Crippen LogP contribution in [0.5, 0.6) is 0 Å². The molecule has 2 rings (SSSR count). The average Bonchev–Trinajstić information content (AvgIpc) is 2.94. The third-order valence-corrected chi connectivity index (χ3v) is 4.17. The number of nitrogens with zero attached hydrogens (tertiary/aromatic N) is 2. The van der Waals surface area contributed by atoms with Gasteiger partial charge in [0.1, 0.15) is 11.6 Å². The van der Waals surface area contributed by atoms with Crippen molar-refractivity contribution in [3.8, 4) is 0 Å². The number of hydrogen-bond acceptors (Lipinski definition) is 5. The molecule has 1 amide bonds. The Morgan fingerprint density at radius 2 is 2.04 bits per heavy atom. The predicted molar refractivity (Wildman–Crippen MR) is 79.5 cm³/mol. The number of carbonyl (C=O) groups excluding carboxylic acids is 1. The summed E-state index contributed by atoms with van der Waals surface area (Å²) in [7, 11) is 0. The van der Waals surface area contributed by atoms with Crippen LogP contribution in [0.1, 0.15) is 34.1 Å². The highest BCUT2D eigenvalue weighted by molar-refractivity contribution is 5.70. The fraction of sp³-hybridized carbons (Fsp3) is 0.867. The minimum absolute atomic E-state index is 0.102. The van der Waals surface area contributed by atoms with Crippen molar-refractivity contribution in [3.05, 3.63) is 0 Å². The fourth-order valence-electron chi connectivity index (χ4n) is 3.01. The molecule has 0 aromatic heterocycles. The van der Waals surface area contributed by atoms with Gasteiger partial charge in [-0.25, -0.2) is 13.6 Å². The van der Waals surface area contributed by atoms with Gasteiger partial charge in [0.2, 0.25) is 0 Å². The number of ether oxygens (including phenoxy) is 1. The van der Waals surface area contributed by atoms with Gasteiger partial charge in [0, 0.05) is 6.54 Å². The molecule has 0 aromatic carbocycles. The zero-order chi connectivity index (χ0) is 18.3. The monoisotopic (exact) mass is 350 g/mol. The molecule has 0 saturated carbocycles. The number of hydrogen-bond donors (Lipinski definition) is 1. The van der Waals surface area contributed by atoms with E-state index in [0.29, 0.717) is 6.42 Å². The van der Waals surface area contributed by atoms with Crippen molar-refractivity contribution in [2.75, 3.05) is 19.7 Å². The first kappa shape index (κ1) is 18.9. The molecule has 2 fully saturated rings. The summed E-state index contributed by atoms with van der Waals surface area (Å²) < 4.78 is 34.0. The second-order valence-electron chi connectivity index (χ2n) is 7.22. The number of carbonyl (C=O) groups is 2. The van der Waals surface area contributed by atoms with E-state index in [4.69, 9.17) is 14.7 Å². The van der Waals surface area contributed by atoms with Gasteiger partial charge in [-0.15, -0.1) is 0 Å². The predicted octanol–water partition coefficient (Wildman–Crippen LogP) is 1.97. The minimum atomic E-state index is -3.20. The number of likely N-dealkylation sites (tertiary alicyclic amines) is 1.